The number of nitrogens with zero attached hydrogens (tertiary/aromatic N) is 3. The van der Waals surface area contributed by atoms with Crippen LogP contribution in [0.25, 0.3) is 0 Å². The number of H-pyrrole nitrogens is 1. The summed E-state index contributed by atoms with van der Waals surface area (Å²) >= 11 is 0. The third-order valence-electron chi connectivity index (χ3n) is 4.91. The summed E-state index contributed by atoms with van der Waals surface area (Å²) in [6.45, 7) is 0.837. The number of hydrogen-bond donors (Lipinski definition) is 2. The molecule has 4 rings (SSSR count). The molecule has 1 amide bonds. The van der Waals surface area contributed by atoms with Gasteiger partial charge < -0.3 is 10.0 Å². The molecule has 2 aromatic rings. The molecule has 1 saturated carbocycles. The van der Waals surface area contributed by atoms with Gasteiger partial charge in [-0.25, -0.2) is 0 Å². The molecule has 114 valence electrons. The highest BCUT2D eigenvalue weighted by Gasteiger charge is 2.55. The molecule has 2 heterocycles. The van der Waals surface area contributed by atoms with Crippen LogP contribution in [0.15, 0.2) is 36.5 Å². The summed E-state index contributed by atoms with van der Waals surface area (Å²) in [4.78, 5) is 14.7. The average Bonchev–Trinajstić information content (AvgIpc) is 2.98. The highest BCUT2D eigenvalue weighted by molar-refractivity contribution is 5.91. The van der Waals surface area contributed by atoms with Crippen molar-refractivity contribution in [1.82, 2.24) is 20.3 Å². The van der Waals surface area contributed by atoms with Gasteiger partial charge in [-0.05, 0) is 18.4 Å². The number of likely N-dealkylation sites (tertiary alicyclic amines) is 1. The minimum absolute atomic E-state index is 0.123. The first-order valence-corrected chi connectivity index (χ1v) is 7.58. The molecule has 1 atom stereocenters. The zero-order valence-corrected chi connectivity index (χ0v) is 12.2. The van der Waals surface area contributed by atoms with Crippen LogP contribution >= 0.6 is 0 Å². The largest absolute Gasteiger partial charge is 0.381 e. The second-order valence-corrected chi connectivity index (χ2v) is 6.31. The van der Waals surface area contributed by atoms with Crippen molar-refractivity contribution in [1.29, 1.82) is 0 Å². The summed E-state index contributed by atoms with van der Waals surface area (Å²) in [5, 5.41) is 21.0. The van der Waals surface area contributed by atoms with Gasteiger partial charge in [0.1, 0.15) is 11.3 Å². The number of aromatic amines is 1. The van der Waals surface area contributed by atoms with E-state index in [2.05, 4.69) is 15.4 Å². The summed E-state index contributed by atoms with van der Waals surface area (Å²) in [6, 6.07) is 9.94. The molecule has 1 aromatic carbocycles. The molecule has 6 nitrogen and oxygen atoms in total. The third kappa shape index (κ3) is 1.94. The van der Waals surface area contributed by atoms with E-state index in [4.69, 9.17) is 0 Å². The highest BCUT2D eigenvalue weighted by Crippen LogP contribution is 2.50. The molecule has 0 bridgehead atoms. The van der Waals surface area contributed by atoms with Gasteiger partial charge in [0.2, 0.25) is 5.91 Å². The Kier molecular flexibility index (Phi) is 2.84. The van der Waals surface area contributed by atoms with Crippen LogP contribution < -0.4 is 0 Å². The van der Waals surface area contributed by atoms with Gasteiger partial charge in [-0.15, -0.1) is 0 Å². The quantitative estimate of drug-likeness (QED) is 0.884. The summed E-state index contributed by atoms with van der Waals surface area (Å²) < 4.78 is 0. The molecule has 0 spiro atoms. The molecular weight excluding hydrogens is 280 g/mol. The second-order valence-electron chi connectivity index (χ2n) is 6.31. The molecule has 1 aliphatic carbocycles. The number of rotatable bonds is 3. The lowest BCUT2D eigenvalue weighted by molar-refractivity contribution is -0.134. The molecule has 1 aromatic heterocycles. The van der Waals surface area contributed by atoms with Crippen molar-refractivity contribution in [3.8, 4) is 0 Å². The Morgan fingerprint density at radius 2 is 2.00 bits per heavy atom. The van der Waals surface area contributed by atoms with Crippen molar-refractivity contribution >= 4 is 5.91 Å². The number of hydrogen-bond acceptors (Lipinski definition) is 4. The van der Waals surface area contributed by atoms with Crippen molar-refractivity contribution in [2.24, 2.45) is 0 Å². The Bertz CT molecular complexity index is 681. The van der Waals surface area contributed by atoms with Gasteiger partial charge in [0.25, 0.3) is 0 Å². The number of nitrogens with one attached hydrogen (secondary N) is 1. The van der Waals surface area contributed by atoms with Crippen molar-refractivity contribution in [2.75, 3.05) is 13.1 Å². The summed E-state index contributed by atoms with van der Waals surface area (Å²) in [6.07, 6.45) is 3.79. The van der Waals surface area contributed by atoms with E-state index in [1.54, 1.807) is 4.90 Å². The molecule has 2 aliphatic rings. The first-order valence-electron chi connectivity index (χ1n) is 7.58. The molecular formula is C16H18N4O2. The van der Waals surface area contributed by atoms with Gasteiger partial charge in [0.15, 0.2) is 0 Å². The standard InChI is InChI=1S/C16H18N4O2/c21-14(15(6-7-15)12-4-2-1-3-5-12)20-9-8-16(22,11-20)13-10-17-19-18-13/h1-5,10,22H,6-9,11H2,(H,17,18,19). The lowest BCUT2D eigenvalue weighted by atomic mass is 9.94. The van der Waals surface area contributed by atoms with Crippen LogP contribution in [0.4, 0.5) is 0 Å². The minimum Gasteiger partial charge on any atom is -0.381 e. The van der Waals surface area contributed by atoms with E-state index < -0.39 is 5.60 Å². The van der Waals surface area contributed by atoms with Gasteiger partial charge >= 0.3 is 0 Å². The highest BCUT2D eigenvalue weighted by atomic mass is 16.3. The second kappa shape index (κ2) is 4.64. The molecule has 2 fully saturated rings. The van der Waals surface area contributed by atoms with Crippen molar-refractivity contribution in [3.63, 3.8) is 0 Å². The summed E-state index contributed by atoms with van der Waals surface area (Å²) in [5.41, 5.74) is 0.121. The Morgan fingerprint density at radius 1 is 1.23 bits per heavy atom. The van der Waals surface area contributed by atoms with Crippen LogP contribution in [0.5, 0.6) is 0 Å². The van der Waals surface area contributed by atoms with E-state index >= 15 is 0 Å². The molecule has 0 radical (unpaired) electrons. The Morgan fingerprint density at radius 3 is 2.64 bits per heavy atom. The summed E-state index contributed by atoms with van der Waals surface area (Å²) in [7, 11) is 0. The number of aromatic nitrogens is 3. The molecule has 22 heavy (non-hydrogen) atoms. The maximum absolute atomic E-state index is 13.0. The lowest BCUT2D eigenvalue weighted by Gasteiger charge is -2.25. The van der Waals surface area contributed by atoms with Gasteiger partial charge in [0, 0.05) is 13.0 Å². The summed E-state index contributed by atoms with van der Waals surface area (Å²) in [5.74, 6) is 0.123. The first kappa shape index (κ1) is 13.5. The fraction of sp³-hybridized carbons (Fsp3) is 0.438. The van der Waals surface area contributed by atoms with Crippen LogP contribution in [0.1, 0.15) is 30.5 Å². The predicted octanol–water partition coefficient (Wildman–Crippen LogP) is 0.956. The van der Waals surface area contributed by atoms with Crippen LogP contribution in [-0.4, -0.2) is 44.4 Å². The number of amides is 1. The van der Waals surface area contributed by atoms with Gasteiger partial charge in [-0.1, -0.05) is 30.3 Å². The molecule has 1 unspecified atom stereocenters. The monoisotopic (exact) mass is 298 g/mol. The smallest absolute Gasteiger partial charge is 0.233 e. The van der Waals surface area contributed by atoms with E-state index in [1.165, 1.54) is 6.20 Å². The van der Waals surface area contributed by atoms with E-state index in [1.807, 2.05) is 30.3 Å². The molecule has 6 heteroatoms. The molecule has 1 saturated heterocycles. The lowest BCUT2D eigenvalue weighted by Crippen LogP contribution is -2.40. The topological polar surface area (TPSA) is 82.1 Å². The van der Waals surface area contributed by atoms with Crippen molar-refractivity contribution in [3.05, 3.63) is 47.8 Å². The maximum atomic E-state index is 13.0. The Labute approximate surface area is 128 Å². The molecule has 2 N–H and O–H groups in total. The van der Waals surface area contributed by atoms with Crippen LogP contribution in [-0.2, 0) is 15.8 Å². The fourth-order valence-corrected chi connectivity index (χ4v) is 3.41. The number of carbonyl (C=O) groups excluding carboxylic acids is 1. The van der Waals surface area contributed by atoms with Crippen LogP contribution in [0.3, 0.4) is 0 Å². The number of carbonyl (C=O) groups is 1. The number of aliphatic hydroxyl groups is 1. The van der Waals surface area contributed by atoms with Crippen LogP contribution in [0.2, 0.25) is 0 Å². The minimum atomic E-state index is -1.09. The maximum Gasteiger partial charge on any atom is 0.233 e. The van der Waals surface area contributed by atoms with Gasteiger partial charge in [-0.3, -0.25) is 4.79 Å². The molecule has 1 aliphatic heterocycles. The zero-order chi connectivity index (χ0) is 15.2. The Hall–Kier alpha value is -2.21. The third-order valence-corrected chi connectivity index (χ3v) is 4.91. The normalized spacial score (nSPS) is 26.1. The number of β-amino-alcohol motifs (C(OH)–C–C–N with tert-alkyl or cyclic N) is 1. The van der Waals surface area contributed by atoms with Crippen molar-refractivity contribution < 1.29 is 9.90 Å². The van der Waals surface area contributed by atoms with Gasteiger partial charge in [-0.2, -0.15) is 15.4 Å². The van der Waals surface area contributed by atoms with Gasteiger partial charge in [0.05, 0.1) is 18.2 Å². The van der Waals surface area contributed by atoms with E-state index in [-0.39, 0.29) is 17.9 Å². The van der Waals surface area contributed by atoms with E-state index in [9.17, 15) is 9.90 Å². The number of benzene rings is 1. The van der Waals surface area contributed by atoms with Crippen LogP contribution in [0, 0.1) is 0 Å². The predicted molar refractivity (Wildman–Crippen MR) is 78.8 cm³/mol. The van der Waals surface area contributed by atoms with E-state index in [0.717, 1.165) is 18.4 Å². The first-order chi connectivity index (χ1) is 10.6. The zero-order valence-electron chi connectivity index (χ0n) is 12.2. The van der Waals surface area contributed by atoms with E-state index in [0.29, 0.717) is 18.7 Å². The Balaban J connectivity index is 1.56. The average molecular weight is 298 g/mol. The van der Waals surface area contributed by atoms with Crippen molar-refractivity contribution in [2.45, 2.75) is 30.3 Å². The fourth-order valence-electron chi connectivity index (χ4n) is 3.41. The SMILES string of the molecule is O=C(N1CCC(O)(c2cn[nH]n2)C1)C1(c2ccccc2)CC1.